The molecule has 0 saturated carbocycles. The molecule has 1 atom stereocenters. The fraction of sp³-hybridized carbons (Fsp3) is 0.350. The standard InChI is InChI=1S/C20H22F3NO/c1-13(2)11-15-7-9-16(10-8-15)14(3)19(25)24-18-6-4-5-17(12-18)20(21,22)23/h4-10,12-14H,11H2,1-3H3,(H,24,25). The molecule has 2 nitrogen and oxygen atoms in total. The van der Waals surface area contributed by atoms with E-state index in [1.807, 2.05) is 24.3 Å². The quantitative estimate of drug-likeness (QED) is 0.743. The number of anilines is 1. The molecule has 2 aromatic rings. The van der Waals surface area contributed by atoms with Crippen LogP contribution in [0.2, 0.25) is 0 Å². The Balaban J connectivity index is 2.07. The Morgan fingerprint density at radius 1 is 1.04 bits per heavy atom. The first-order valence-corrected chi connectivity index (χ1v) is 8.24. The maximum atomic E-state index is 12.7. The number of hydrogen-bond donors (Lipinski definition) is 1. The molecule has 2 aromatic carbocycles. The Labute approximate surface area is 146 Å². The van der Waals surface area contributed by atoms with Gasteiger partial charge in [-0.05, 0) is 48.6 Å². The van der Waals surface area contributed by atoms with E-state index in [0.717, 1.165) is 24.1 Å². The van der Waals surface area contributed by atoms with E-state index < -0.39 is 17.7 Å². The van der Waals surface area contributed by atoms with E-state index in [1.165, 1.54) is 17.7 Å². The van der Waals surface area contributed by atoms with Gasteiger partial charge in [0.05, 0.1) is 11.5 Å². The third-order valence-corrected chi connectivity index (χ3v) is 3.97. The van der Waals surface area contributed by atoms with Crippen molar-refractivity contribution in [1.29, 1.82) is 0 Å². The molecule has 1 N–H and O–H groups in total. The van der Waals surface area contributed by atoms with Crippen LogP contribution in [0.5, 0.6) is 0 Å². The lowest BCUT2D eigenvalue weighted by molar-refractivity contribution is -0.137. The topological polar surface area (TPSA) is 29.1 Å². The molecule has 0 aliphatic rings. The molecule has 0 radical (unpaired) electrons. The number of alkyl halides is 3. The molecule has 2 rings (SSSR count). The second-order valence-corrected chi connectivity index (χ2v) is 6.63. The third-order valence-electron chi connectivity index (χ3n) is 3.97. The van der Waals surface area contributed by atoms with Gasteiger partial charge in [0, 0.05) is 5.69 Å². The lowest BCUT2D eigenvalue weighted by Gasteiger charge is -2.15. The summed E-state index contributed by atoms with van der Waals surface area (Å²) in [4.78, 5) is 12.3. The van der Waals surface area contributed by atoms with Crippen LogP contribution < -0.4 is 5.32 Å². The SMILES string of the molecule is CC(C)Cc1ccc(C(C)C(=O)Nc2cccc(C(F)(F)F)c2)cc1. The number of hydrogen-bond acceptors (Lipinski definition) is 1. The third kappa shape index (κ3) is 5.34. The monoisotopic (exact) mass is 349 g/mol. The number of halogens is 3. The summed E-state index contributed by atoms with van der Waals surface area (Å²) in [5.41, 5.74) is 1.39. The van der Waals surface area contributed by atoms with Gasteiger partial charge < -0.3 is 5.32 Å². The highest BCUT2D eigenvalue weighted by Gasteiger charge is 2.30. The number of amides is 1. The summed E-state index contributed by atoms with van der Waals surface area (Å²) in [6.07, 6.45) is -3.47. The minimum absolute atomic E-state index is 0.142. The summed E-state index contributed by atoms with van der Waals surface area (Å²) in [5.74, 6) is -0.244. The highest BCUT2D eigenvalue weighted by atomic mass is 19.4. The van der Waals surface area contributed by atoms with Crippen LogP contribution in [-0.4, -0.2) is 5.91 Å². The van der Waals surface area contributed by atoms with Gasteiger partial charge in [0.2, 0.25) is 5.91 Å². The first-order chi connectivity index (χ1) is 11.7. The number of benzene rings is 2. The fourth-order valence-electron chi connectivity index (χ4n) is 2.59. The summed E-state index contributed by atoms with van der Waals surface area (Å²) in [6.45, 7) is 6.01. The molecule has 25 heavy (non-hydrogen) atoms. The van der Waals surface area contributed by atoms with Crippen molar-refractivity contribution in [1.82, 2.24) is 0 Å². The smallest absolute Gasteiger partial charge is 0.326 e. The van der Waals surface area contributed by atoms with Crippen LogP contribution in [0.4, 0.5) is 18.9 Å². The summed E-state index contributed by atoms with van der Waals surface area (Å²) < 4.78 is 38.2. The summed E-state index contributed by atoms with van der Waals surface area (Å²) >= 11 is 0. The Bertz CT molecular complexity index is 720. The van der Waals surface area contributed by atoms with Crippen molar-refractivity contribution >= 4 is 11.6 Å². The average molecular weight is 349 g/mol. The van der Waals surface area contributed by atoms with Gasteiger partial charge >= 0.3 is 6.18 Å². The molecular formula is C20H22F3NO. The van der Waals surface area contributed by atoms with Gasteiger partial charge in [0.1, 0.15) is 0 Å². The minimum atomic E-state index is -4.43. The summed E-state index contributed by atoms with van der Waals surface area (Å²) in [6, 6.07) is 12.4. The van der Waals surface area contributed by atoms with Crippen molar-refractivity contribution in [2.75, 3.05) is 5.32 Å². The van der Waals surface area contributed by atoms with Crippen LogP contribution in [0.3, 0.4) is 0 Å². The number of rotatable bonds is 5. The van der Waals surface area contributed by atoms with Gasteiger partial charge in [-0.1, -0.05) is 44.2 Å². The Kier molecular flexibility index (Phi) is 5.88. The Hall–Kier alpha value is -2.30. The van der Waals surface area contributed by atoms with Crippen LogP contribution in [-0.2, 0) is 17.4 Å². The zero-order valence-electron chi connectivity index (χ0n) is 14.5. The summed E-state index contributed by atoms with van der Waals surface area (Å²) in [5, 5.41) is 2.56. The number of nitrogens with one attached hydrogen (secondary N) is 1. The predicted octanol–water partition coefficient (Wildman–Crippen LogP) is 5.65. The second kappa shape index (κ2) is 7.72. The molecule has 0 aliphatic heterocycles. The van der Waals surface area contributed by atoms with Crippen LogP contribution in [0.25, 0.3) is 0 Å². The van der Waals surface area contributed by atoms with Crippen molar-refractivity contribution in [3.8, 4) is 0 Å². The molecule has 0 bridgehead atoms. The molecule has 0 saturated heterocycles. The second-order valence-electron chi connectivity index (χ2n) is 6.63. The van der Waals surface area contributed by atoms with Gasteiger partial charge in [-0.2, -0.15) is 13.2 Å². The van der Waals surface area contributed by atoms with Crippen molar-refractivity contribution in [2.45, 2.75) is 39.3 Å². The van der Waals surface area contributed by atoms with Crippen molar-refractivity contribution in [2.24, 2.45) is 5.92 Å². The number of carbonyl (C=O) groups is 1. The lowest BCUT2D eigenvalue weighted by Crippen LogP contribution is -2.19. The molecule has 134 valence electrons. The maximum absolute atomic E-state index is 12.7. The van der Waals surface area contributed by atoms with E-state index in [0.29, 0.717) is 5.92 Å². The first kappa shape index (κ1) is 19.0. The molecule has 0 fully saturated rings. The maximum Gasteiger partial charge on any atom is 0.416 e. The number of carbonyl (C=O) groups excluding carboxylic acids is 1. The van der Waals surface area contributed by atoms with Gasteiger partial charge in [0.25, 0.3) is 0 Å². The molecule has 1 amide bonds. The summed E-state index contributed by atoms with van der Waals surface area (Å²) in [7, 11) is 0. The van der Waals surface area contributed by atoms with Gasteiger partial charge in [-0.25, -0.2) is 0 Å². The highest BCUT2D eigenvalue weighted by molar-refractivity contribution is 5.95. The van der Waals surface area contributed by atoms with Crippen LogP contribution in [0, 0.1) is 5.92 Å². The zero-order chi connectivity index (χ0) is 18.6. The van der Waals surface area contributed by atoms with Gasteiger partial charge in [-0.15, -0.1) is 0 Å². The predicted molar refractivity (Wildman–Crippen MR) is 93.5 cm³/mol. The molecule has 5 heteroatoms. The molecule has 1 unspecified atom stereocenters. The van der Waals surface area contributed by atoms with Gasteiger partial charge in [-0.3, -0.25) is 4.79 Å². The van der Waals surface area contributed by atoms with Gasteiger partial charge in [0.15, 0.2) is 0 Å². The normalized spacial score (nSPS) is 12.9. The molecule has 0 spiro atoms. The molecule has 0 aromatic heterocycles. The zero-order valence-corrected chi connectivity index (χ0v) is 14.5. The molecule has 0 aliphatic carbocycles. The molecular weight excluding hydrogens is 327 g/mol. The van der Waals surface area contributed by atoms with E-state index >= 15 is 0 Å². The fourth-order valence-corrected chi connectivity index (χ4v) is 2.59. The van der Waals surface area contributed by atoms with Crippen molar-refractivity contribution in [3.05, 3.63) is 65.2 Å². The first-order valence-electron chi connectivity index (χ1n) is 8.24. The van der Waals surface area contributed by atoms with E-state index in [9.17, 15) is 18.0 Å². The van der Waals surface area contributed by atoms with Crippen LogP contribution in [0.1, 0.15) is 43.4 Å². The van der Waals surface area contributed by atoms with E-state index in [4.69, 9.17) is 0 Å². The lowest BCUT2D eigenvalue weighted by atomic mass is 9.96. The van der Waals surface area contributed by atoms with E-state index in [-0.39, 0.29) is 11.6 Å². The molecule has 0 heterocycles. The largest absolute Gasteiger partial charge is 0.416 e. The Morgan fingerprint density at radius 3 is 2.24 bits per heavy atom. The van der Waals surface area contributed by atoms with E-state index in [2.05, 4.69) is 19.2 Å². The Morgan fingerprint density at radius 2 is 1.68 bits per heavy atom. The van der Waals surface area contributed by atoms with E-state index in [1.54, 1.807) is 6.92 Å². The van der Waals surface area contributed by atoms with Crippen molar-refractivity contribution < 1.29 is 18.0 Å². The highest BCUT2D eigenvalue weighted by Crippen LogP contribution is 2.31. The van der Waals surface area contributed by atoms with Crippen LogP contribution in [0.15, 0.2) is 48.5 Å². The van der Waals surface area contributed by atoms with Crippen molar-refractivity contribution in [3.63, 3.8) is 0 Å². The minimum Gasteiger partial charge on any atom is -0.326 e. The average Bonchev–Trinajstić information content (AvgIpc) is 2.54. The van der Waals surface area contributed by atoms with Crippen LogP contribution >= 0.6 is 0 Å².